The Bertz CT molecular complexity index is 511. The van der Waals surface area contributed by atoms with E-state index in [-0.39, 0.29) is 0 Å². The molecule has 0 unspecified atom stereocenters. The van der Waals surface area contributed by atoms with Crippen LogP contribution in [0.1, 0.15) is 23.3 Å². The lowest BCUT2D eigenvalue weighted by Crippen LogP contribution is -2.22. The quantitative estimate of drug-likeness (QED) is 0.891. The van der Waals surface area contributed by atoms with Gasteiger partial charge in [-0.2, -0.15) is 0 Å². The number of nitrogens with two attached hydrogens (primary N) is 1. The van der Waals surface area contributed by atoms with Gasteiger partial charge >= 0.3 is 0 Å². The largest absolute Gasteiger partial charge is 0.374 e. The molecule has 5 nitrogen and oxygen atoms in total. The predicted molar refractivity (Wildman–Crippen MR) is 73.1 cm³/mol. The van der Waals surface area contributed by atoms with E-state index in [0.717, 1.165) is 36.0 Å². The minimum absolute atomic E-state index is 0.523. The van der Waals surface area contributed by atoms with Crippen molar-refractivity contribution < 1.29 is 0 Å². The molecule has 0 atom stereocenters. The van der Waals surface area contributed by atoms with E-state index < -0.39 is 0 Å². The van der Waals surface area contributed by atoms with Crippen LogP contribution in [0.5, 0.6) is 0 Å². The van der Waals surface area contributed by atoms with Crippen molar-refractivity contribution in [2.24, 2.45) is 0 Å². The fourth-order valence-electron chi connectivity index (χ4n) is 1.72. The van der Waals surface area contributed by atoms with E-state index >= 15 is 0 Å². The summed E-state index contributed by atoms with van der Waals surface area (Å²) in [7, 11) is 0. The van der Waals surface area contributed by atoms with E-state index in [2.05, 4.69) is 27.0 Å². The van der Waals surface area contributed by atoms with Gasteiger partial charge in [0.1, 0.15) is 5.01 Å². The summed E-state index contributed by atoms with van der Waals surface area (Å²) in [6.45, 7) is 6.65. The number of hydrogen-bond donors (Lipinski definition) is 1. The summed E-state index contributed by atoms with van der Waals surface area (Å²) in [5.41, 5.74) is 7.71. The molecule has 0 bridgehead atoms. The highest BCUT2D eigenvalue weighted by Crippen LogP contribution is 2.14. The monoisotopic (exact) mass is 263 g/mol. The van der Waals surface area contributed by atoms with Crippen LogP contribution >= 0.6 is 11.3 Å². The SMILES string of the molecule is CCN(Cc1cccc(C)n1)Cc1nnc(N)s1. The lowest BCUT2D eigenvalue weighted by atomic mass is 10.3. The third-order valence-corrected chi connectivity index (χ3v) is 3.36. The van der Waals surface area contributed by atoms with Gasteiger partial charge < -0.3 is 5.73 Å². The molecule has 18 heavy (non-hydrogen) atoms. The molecule has 0 saturated heterocycles. The van der Waals surface area contributed by atoms with Crippen LogP contribution in [0.3, 0.4) is 0 Å². The van der Waals surface area contributed by atoms with Gasteiger partial charge in [-0.3, -0.25) is 9.88 Å². The summed E-state index contributed by atoms with van der Waals surface area (Å²) in [4.78, 5) is 6.77. The van der Waals surface area contributed by atoms with Crippen molar-refractivity contribution in [2.75, 3.05) is 12.3 Å². The molecule has 0 aliphatic heterocycles. The molecule has 0 amide bonds. The normalized spacial score (nSPS) is 11.1. The van der Waals surface area contributed by atoms with Gasteiger partial charge in [-0.15, -0.1) is 10.2 Å². The number of nitrogen functional groups attached to an aromatic ring is 1. The van der Waals surface area contributed by atoms with Crippen molar-refractivity contribution in [2.45, 2.75) is 26.9 Å². The van der Waals surface area contributed by atoms with Crippen LogP contribution in [0.15, 0.2) is 18.2 Å². The average Bonchev–Trinajstić information content (AvgIpc) is 2.74. The molecule has 2 aromatic rings. The Labute approximate surface area is 111 Å². The number of hydrogen-bond acceptors (Lipinski definition) is 6. The van der Waals surface area contributed by atoms with Crippen LogP contribution in [0.25, 0.3) is 0 Å². The van der Waals surface area contributed by atoms with Gasteiger partial charge in [0.25, 0.3) is 0 Å². The maximum atomic E-state index is 5.58. The molecule has 0 aliphatic rings. The van der Waals surface area contributed by atoms with Crippen molar-refractivity contribution in [1.29, 1.82) is 0 Å². The fraction of sp³-hybridized carbons (Fsp3) is 0.417. The van der Waals surface area contributed by atoms with Gasteiger partial charge in [-0.1, -0.05) is 24.3 Å². The van der Waals surface area contributed by atoms with Gasteiger partial charge in [0, 0.05) is 12.2 Å². The van der Waals surface area contributed by atoms with Gasteiger partial charge in [-0.05, 0) is 25.6 Å². The molecule has 6 heteroatoms. The molecule has 2 rings (SSSR count). The Morgan fingerprint density at radius 3 is 2.72 bits per heavy atom. The third kappa shape index (κ3) is 3.48. The maximum absolute atomic E-state index is 5.58. The lowest BCUT2D eigenvalue weighted by molar-refractivity contribution is 0.267. The molecule has 2 N–H and O–H groups in total. The Hall–Kier alpha value is -1.53. The summed E-state index contributed by atoms with van der Waals surface area (Å²) in [6, 6.07) is 6.09. The Balaban J connectivity index is 2.01. The van der Waals surface area contributed by atoms with Crippen LogP contribution in [0, 0.1) is 6.92 Å². The minimum atomic E-state index is 0.523. The van der Waals surface area contributed by atoms with E-state index in [4.69, 9.17) is 5.73 Å². The number of rotatable bonds is 5. The van der Waals surface area contributed by atoms with Gasteiger partial charge in [0.2, 0.25) is 5.13 Å². The third-order valence-electron chi connectivity index (χ3n) is 2.62. The van der Waals surface area contributed by atoms with E-state index in [1.54, 1.807) is 0 Å². The second-order valence-electron chi connectivity index (χ2n) is 4.11. The minimum Gasteiger partial charge on any atom is -0.374 e. The number of aromatic nitrogens is 3. The molecule has 0 fully saturated rings. The van der Waals surface area contributed by atoms with E-state index in [9.17, 15) is 0 Å². The Kier molecular flexibility index (Phi) is 4.22. The first kappa shape index (κ1) is 12.9. The molecular formula is C12H17N5S. The zero-order chi connectivity index (χ0) is 13.0. The predicted octanol–water partition coefficient (Wildman–Crippen LogP) is 1.85. The molecule has 0 saturated carbocycles. The van der Waals surface area contributed by atoms with E-state index in [1.165, 1.54) is 11.3 Å². The fourth-order valence-corrected chi connectivity index (χ4v) is 2.37. The topological polar surface area (TPSA) is 67.9 Å². The molecule has 0 aliphatic carbocycles. The molecular weight excluding hydrogens is 246 g/mol. The summed E-state index contributed by atoms with van der Waals surface area (Å²) in [6.07, 6.45) is 0. The van der Waals surface area contributed by atoms with Crippen LogP contribution in [0.4, 0.5) is 5.13 Å². The number of aryl methyl sites for hydroxylation is 1. The van der Waals surface area contributed by atoms with E-state index in [1.807, 2.05) is 25.1 Å². The van der Waals surface area contributed by atoms with Crippen LogP contribution in [0.2, 0.25) is 0 Å². The van der Waals surface area contributed by atoms with Crippen LogP contribution in [-0.4, -0.2) is 26.6 Å². The standard InChI is InChI=1S/C12H17N5S/c1-3-17(8-11-15-16-12(13)18-11)7-10-6-4-5-9(2)14-10/h4-6H,3,7-8H2,1-2H3,(H2,13,16). The van der Waals surface area contributed by atoms with Crippen molar-refractivity contribution in [3.8, 4) is 0 Å². The van der Waals surface area contributed by atoms with Crippen molar-refractivity contribution in [3.05, 3.63) is 34.6 Å². The van der Waals surface area contributed by atoms with Gasteiger partial charge in [0.05, 0.1) is 12.2 Å². The molecule has 0 spiro atoms. The molecule has 96 valence electrons. The molecule has 0 aromatic carbocycles. The van der Waals surface area contributed by atoms with Crippen LogP contribution < -0.4 is 5.73 Å². The van der Waals surface area contributed by atoms with Gasteiger partial charge in [-0.25, -0.2) is 0 Å². The van der Waals surface area contributed by atoms with Crippen molar-refractivity contribution in [1.82, 2.24) is 20.1 Å². The number of nitrogens with zero attached hydrogens (tertiary/aromatic N) is 4. The smallest absolute Gasteiger partial charge is 0.203 e. The van der Waals surface area contributed by atoms with E-state index in [0.29, 0.717) is 5.13 Å². The molecule has 2 aromatic heterocycles. The summed E-state index contributed by atoms with van der Waals surface area (Å²) < 4.78 is 0. The highest BCUT2D eigenvalue weighted by molar-refractivity contribution is 7.15. The zero-order valence-electron chi connectivity index (χ0n) is 10.6. The first-order valence-corrected chi connectivity index (χ1v) is 6.71. The highest BCUT2D eigenvalue weighted by Gasteiger charge is 2.09. The highest BCUT2D eigenvalue weighted by atomic mass is 32.1. The van der Waals surface area contributed by atoms with Crippen LogP contribution in [-0.2, 0) is 13.1 Å². The summed E-state index contributed by atoms with van der Waals surface area (Å²) in [5, 5.41) is 9.34. The van der Waals surface area contributed by atoms with Crippen molar-refractivity contribution >= 4 is 16.5 Å². The number of pyridine rings is 1. The lowest BCUT2D eigenvalue weighted by Gasteiger charge is -2.18. The molecule has 2 heterocycles. The Morgan fingerprint density at radius 2 is 2.11 bits per heavy atom. The number of anilines is 1. The summed E-state index contributed by atoms with van der Waals surface area (Å²) in [5.74, 6) is 0. The second-order valence-corrected chi connectivity index (χ2v) is 5.20. The maximum Gasteiger partial charge on any atom is 0.203 e. The second kappa shape index (κ2) is 5.88. The average molecular weight is 263 g/mol. The summed E-state index contributed by atoms with van der Waals surface area (Å²) >= 11 is 1.44. The zero-order valence-corrected chi connectivity index (χ0v) is 11.4. The van der Waals surface area contributed by atoms with Gasteiger partial charge in [0.15, 0.2) is 0 Å². The Morgan fingerprint density at radius 1 is 1.28 bits per heavy atom. The first-order valence-electron chi connectivity index (χ1n) is 5.90. The molecule has 0 radical (unpaired) electrons. The first-order chi connectivity index (χ1) is 8.67. The van der Waals surface area contributed by atoms with Crippen molar-refractivity contribution in [3.63, 3.8) is 0 Å².